The quantitative estimate of drug-likeness (QED) is 0.304. The van der Waals surface area contributed by atoms with Gasteiger partial charge in [0.1, 0.15) is 29.6 Å². The van der Waals surface area contributed by atoms with E-state index in [-0.39, 0.29) is 23.3 Å². The second kappa shape index (κ2) is 10.7. The van der Waals surface area contributed by atoms with Crippen LogP contribution in [0, 0.1) is 0 Å². The molecule has 1 atom stereocenters. The Hall–Kier alpha value is -4.34. The van der Waals surface area contributed by atoms with Crippen LogP contribution in [0.1, 0.15) is 31.9 Å². The number of hydrogen-bond donors (Lipinski definition) is 2. The fraction of sp³-hybridized carbons (Fsp3) is 0.280. The van der Waals surface area contributed by atoms with E-state index in [0.717, 1.165) is 6.07 Å². The molecule has 0 spiro atoms. The topological polar surface area (TPSA) is 141 Å². The lowest BCUT2D eigenvalue weighted by atomic mass is 10.1. The van der Waals surface area contributed by atoms with Crippen molar-refractivity contribution in [1.82, 2.24) is 5.32 Å². The molecular formula is C25H25NO9. The molecule has 1 amide bonds. The van der Waals surface area contributed by atoms with Gasteiger partial charge < -0.3 is 29.1 Å². The first-order valence-corrected chi connectivity index (χ1v) is 10.7. The van der Waals surface area contributed by atoms with Gasteiger partial charge in [0.2, 0.25) is 0 Å². The molecule has 0 saturated carbocycles. The van der Waals surface area contributed by atoms with Crippen molar-refractivity contribution in [3.05, 3.63) is 76.1 Å². The van der Waals surface area contributed by atoms with Gasteiger partial charge in [-0.15, -0.1) is 0 Å². The highest BCUT2D eigenvalue weighted by Crippen LogP contribution is 2.22. The Kier molecular flexibility index (Phi) is 7.75. The molecule has 3 aromatic rings. The fourth-order valence-electron chi connectivity index (χ4n) is 3.15. The summed E-state index contributed by atoms with van der Waals surface area (Å²) in [7, 11) is 0. The van der Waals surface area contributed by atoms with Crippen molar-refractivity contribution in [2.75, 3.05) is 0 Å². The molecule has 0 aliphatic carbocycles. The molecule has 184 valence electrons. The number of carbonyl (C=O) groups excluding carboxylic acids is 3. The maximum atomic E-state index is 12.7. The van der Waals surface area contributed by atoms with Gasteiger partial charge in [-0.25, -0.2) is 19.2 Å². The van der Waals surface area contributed by atoms with Crippen LogP contribution < -0.4 is 10.9 Å². The van der Waals surface area contributed by atoms with Crippen molar-refractivity contribution >= 4 is 29.2 Å². The van der Waals surface area contributed by atoms with Gasteiger partial charge in [-0.3, -0.25) is 0 Å². The Labute approximate surface area is 200 Å². The van der Waals surface area contributed by atoms with E-state index in [2.05, 4.69) is 5.32 Å². The normalized spacial score (nSPS) is 12.0. The molecule has 0 fully saturated rings. The summed E-state index contributed by atoms with van der Waals surface area (Å²) >= 11 is 0. The highest BCUT2D eigenvalue weighted by Gasteiger charge is 2.28. The van der Waals surface area contributed by atoms with Gasteiger partial charge in [-0.2, -0.15) is 0 Å². The Morgan fingerprint density at radius 2 is 1.77 bits per heavy atom. The van der Waals surface area contributed by atoms with Gasteiger partial charge in [-0.05, 0) is 38.5 Å². The van der Waals surface area contributed by atoms with E-state index >= 15 is 0 Å². The number of alkyl carbamates (subject to hydrolysis) is 1. The number of phenolic OH excluding ortho intramolecular Hbond substituents is 1. The summed E-state index contributed by atoms with van der Waals surface area (Å²) in [5.41, 5.74) is -0.412. The van der Waals surface area contributed by atoms with E-state index in [9.17, 15) is 24.3 Å². The van der Waals surface area contributed by atoms with E-state index in [4.69, 9.17) is 18.6 Å². The molecule has 2 aromatic carbocycles. The van der Waals surface area contributed by atoms with Gasteiger partial charge >= 0.3 is 23.8 Å². The lowest BCUT2D eigenvalue weighted by Gasteiger charge is -2.22. The molecule has 10 heteroatoms. The van der Waals surface area contributed by atoms with E-state index in [0.29, 0.717) is 10.9 Å². The van der Waals surface area contributed by atoms with Crippen LogP contribution in [0.3, 0.4) is 0 Å². The first-order valence-electron chi connectivity index (χ1n) is 10.7. The van der Waals surface area contributed by atoms with Crippen LogP contribution in [0.5, 0.6) is 5.75 Å². The second-order valence-corrected chi connectivity index (χ2v) is 8.62. The van der Waals surface area contributed by atoms with Crippen LogP contribution in [-0.2, 0) is 32.0 Å². The summed E-state index contributed by atoms with van der Waals surface area (Å²) < 4.78 is 20.0. The summed E-state index contributed by atoms with van der Waals surface area (Å²) in [6, 6.07) is 12.8. The zero-order valence-electron chi connectivity index (χ0n) is 19.4. The van der Waals surface area contributed by atoms with E-state index in [1.807, 2.05) is 0 Å². The number of ether oxygens (including phenoxy) is 3. The molecule has 1 heterocycles. The average Bonchev–Trinajstić information content (AvgIpc) is 2.76. The maximum Gasteiger partial charge on any atom is 0.516 e. The number of aromatic hydroxyl groups is 1. The number of carbonyl (C=O) groups is 3. The number of phenols is 1. The number of benzene rings is 2. The number of hydrogen-bond acceptors (Lipinski definition) is 9. The number of nitrogens with one attached hydrogen (secondary N) is 1. The first kappa shape index (κ1) is 25.3. The smallest absolute Gasteiger partial charge is 0.508 e. The summed E-state index contributed by atoms with van der Waals surface area (Å²) in [5, 5.41) is 12.4. The molecule has 0 saturated heterocycles. The van der Waals surface area contributed by atoms with Crippen molar-refractivity contribution in [2.24, 2.45) is 0 Å². The van der Waals surface area contributed by atoms with Crippen LogP contribution in [-0.4, -0.2) is 35.0 Å². The molecule has 3 rings (SSSR count). The molecule has 1 aromatic heterocycles. The number of rotatable bonds is 6. The molecule has 2 N–H and O–H groups in total. The van der Waals surface area contributed by atoms with Gasteiger partial charge in [0.15, 0.2) is 0 Å². The lowest BCUT2D eigenvalue weighted by Crippen LogP contribution is -2.46. The minimum absolute atomic E-state index is 0.0417. The standard InChI is InChI=1S/C25H25NO9/c1-25(2,3)35-23(30)26-19(11-15-7-5-4-6-8-15)22(29)34-24(31)32-14-16-12-21(28)33-20-13-17(27)9-10-18(16)20/h4-10,12-13,19,27H,11,14H2,1-3H3,(H,26,30)/t19-/m0/s1. The molecule has 0 aliphatic rings. The highest BCUT2D eigenvalue weighted by atomic mass is 16.7. The lowest BCUT2D eigenvalue weighted by molar-refractivity contribution is -0.142. The van der Waals surface area contributed by atoms with Gasteiger partial charge in [0.05, 0.1) is 0 Å². The SMILES string of the molecule is CC(C)(C)OC(=O)N[C@@H](Cc1ccccc1)C(=O)OC(=O)OCc1cc(=O)oc2cc(O)ccc12. The molecule has 10 nitrogen and oxygen atoms in total. The number of amides is 1. The van der Waals surface area contributed by atoms with Crippen LogP contribution in [0.15, 0.2) is 63.8 Å². The van der Waals surface area contributed by atoms with Crippen molar-refractivity contribution in [2.45, 2.75) is 45.4 Å². The van der Waals surface area contributed by atoms with E-state index in [1.54, 1.807) is 51.1 Å². The third-order valence-corrected chi connectivity index (χ3v) is 4.60. The van der Waals surface area contributed by atoms with E-state index in [1.165, 1.54) is 18.2 Å². The van der Waals surface area contributed by atoms with Crippen molar-refractivity contribution < 1.29 is 38.1 Å². The minimum Gasteiger partial charge on any atom is -0.508 e. The molecule has 0 aliphatic heterocycles. The Morgan fingerprint density at radius 1 is 1.06 bits per heavy atom. The highest BCUT2D eigenvalue weighted by molar-refractivity contribution is 5.88. The first-order chi connectivity index (χ1) is 16.5. The van der Waals surface area contributed by atoms with Gasteiger partial charge in [0, 0.05) is 29.5 Å². The summed E-state index contributed by atoms with van der Waals surface area (Å²) in [5.74, 6) is -1.15. The Balaban J connectivity index is 1.68. The maximum absolute atomic E-state index is 12.7. The molecule has 0 bridgehead atoms. The third kappa shape index (κ3) is 7.60. The summed E-state index contributed by atoms with van der Waals surface area (Å²) in [6.07, 6.45) is -2.13. The Morgan fingerprint density at radius 3 is 2.46 bits per heavy atom. The number of esters is 1. The second-order valence-electron chi connectivity index (χ2n) is 8.62. The average molecular weight is 483 g/mol. The zero-order valence-corrected chi connectivity index (χ0v) is 19.4. The van der Waals surface area contributed by atoms with Crippen molar-refractivity contribution in [3.63, 3.8) is 0 Å². The fourth-order valence-corrected chi connectivity index (χ4v) is 3.15. The van der Waals surface area contributed by atoms with Crippen molar-refractivity contribution in [1.29, 1.82) is 0 Å². The van der Waals surface area contributed by atoms with Gasteiger partial charge in [0.25, 0.3) is 0 Å². The monoisotopic (exact) mass is 483 g/mol. The zero-order chi connectivity index (χ0) is 25.6. The molecule has 0 unspecified atom stereocenters. The van der Waals surface area contributed by atoms with Crippen LogP contribution in [0.4, 0.5) is 9.59 Å². The molecular weight excluding hydrogens is 458 g/mol. The predicted octanol–water partition coefficient (Wildman–Crippen LogP) is 3.81. The summed E-state index contributed by atoms with van der Waals surface area (Å²) in [4.78, 5) is 48.9. The van der Waals surface area contributed by atoms with Gasteiger partial charge in [-0.1, -0.05) is 30.3 Å². The third-order valence-electron chi connectivity index (χ3n) is 4.60. The predicted molar refractivity (Wildman–Crippen MR) is 124 cm³/mol. The minimum atomic E-state index is -1.32. The molecule has 0 radical (unpaired) electrons. The Bertz CT molecular complexity index is 1280. The van der Waals surface area contributed by atoms with Crippen LogP contribution in [0.25, 0.3) is 11.0 Å². The summed E-state index contributed by atoms with van der Waals surface area (Å²) in [6.45, 7) is 4.61. The van der Waals surface area contributed by atoms with Crippen LogP contribution in [0.2, 0.25) is 0 Å². The number of fused-ring (bicyclic) bond motifs is 1. The molecule has 35 heavy (non-hydrogen) atoms. The van der Waals surface area contributed by atoms with Crippen LogP contribution >= 0.6 is 0 Å². The van der Waals surface area contributed by atoms with E-state index < -0.39 is 42.1 Å². The largest absolute Gasteiger partial charge is 0.516 e. The van der Waals surface area contributed by atoms with Crippen molar-refractivity contribution in [3.8, 4) is 5.75 Å².